The molecule has 1 heterocycles. The predicted molar refractivity (Wildman–Crippen MR) is 113 cm³/mol. The molecule has 0 radical (unpaired) electrons. The Morgan fingerprint density at radius 2 is 1.88 bits per heavy atom. The Balaban J connectivity index is 1.93. The molecular formula is C23H19FN2O6. The van der Waals surface area contributed by atoms with E-state index >= 15 is 0 Å². The second kappa shape index (κ2) is 9.69. The van der Waals surface area contributed by atoms with E-state index in [1.807, 2.05) is 0 Å². The Kier molecular flexibility index (Phi) is 6.79. The van der Waals surface area contributed by atoms with Crippen LogP contribution in [0.3, 0.4) is 0 Å². The number of nitrogens with one attached hydrogen (secondary N) is 1. The van der Waals surface area contributed by atoms with E-state index in [1.54, 1.807) is 24.3 Å². The molecule has 1 saturated heterocycles. The topological polar surface area (TPSA) is 102 Å². The van der Waals surface area contributed by atoms with Crippen LogP contribution in [0.2, 0.25) is 0 Å². The molecule has 2 aromatic rings. The van der Waals surface area contributed by atoms with Gasteiger partial charge in [0.2, 0.25) is 0 Å². The zero-order valence-corrected chi connectivity index (χ0v) is 17.1. The van der Waals surface area contributed by atoms with Gasteiger partial charge in [0.05, 0.1) is 12.8 Å². The van der Waals surface area contributed by atoms with Crippen molar-refractivity contribution in [1.82, 2.24) is 5.32 Å². The number of urea groups is 1. The first-order valence-electron chi connectivity index (χ1n) is 9.44. The van der Waals surface area contributed by atoms with Crippen LogP contribution in [0.25, 0.3) is 6.08 Å². The lowest BCUT2D eigenvalue weighted by Crippen LogP contribution is -2.54. The molecule has 0 saturated carbocycles. The number of anilines is 1. The molecule has 3 rings (SSSR count). The highest BCUT2D eigenvalue weighted by molar-refractivity contribution is 6.39. The van der Waals surface area contributed by atoms with Gasteiger partial charge in [-0.05, 0) is 60.0 Å². The van der Waals surface area contributed by atoms with Crippen molar-refractivity contribution in [1.29, 1.82) is 0 Å². The van der Waals surface area contributed by atoms with Crippen LogP contribution >= 0.6 is 0 Å². The Bertz CT molecular complexity index is 1120. The summed E-state index contributed by atoms with van der Waals surface area (Å²) >= 11 is 0. The van der Waals surface area contributed by atoms with Gasteiger partial charge in [0.15, 0.2) is 6.61 Å². The molecule has 9 heteroatoms. The molecule has 1 aliphatic heterocycles. The lowest BCUT2D eigenvalue weighted by molar-refractivity contribution is -0.143. The molecular weight excluding hydrogens is 419 g/mol. The van der Waals surface area contributed by atoms with Crippen molar-refractivity contribution in [3.8, 4) is 5.75 Å². The Morgan fingerprint density at radius 3 is 2.53 bits per heavy atom. The summed E-state index contributed by atoms with van der Waals surface area (Å²) in [5.41, 5.74) is 0.987. The van der Waals surface area contributed by atoms with E-state index in [0.29, 0.717) is 23.3 Å². The standard InChI is InChI=1S/C23H19FN2O6/c1-3-4-15-11-14(5-10-19(15)32-13-20(27)31-2)12-18-21(28)25-23(30)26(22(18)29)17-8-6-16(24)7-9-17/h3,5-12H,1,4,13H2,2H3,(H,25,28,30)/b18-12+. The number of rotatable bonds is 7. The highest BCUT2D eigenvalue weighted by atomic mass is 19.1. The van der Waals surface area contributed by atoms with E-state index in [4.69, 9.17) is 4.74 Å². The lowest BCUT2D eigenvalue weighted by atomic mass is 10.0. The number of carbonyl (C=O) groups excluding carboxylic acids is 4. The van der Waals surface area contributed by atoms with Crippen LogP contribution < -0.4 is 15.0 Å². The van der Waals surface area contributed by atoms with Gasteiger partial charge >= 0.3 is 12.0 Å². The summed E-state index contributed by atoms with van der Waals surface area (Å²) in [5.74, 6) is -2.36. The fourth-order valence-corrected chi connectivity index (χ4v) is 2.99. The first-order valence-corrected chi connectivity index (χ1v) is 9.44. The molecule has 4 amide bonds. The summed E-state index contributed by atoms with van der Waals surface area (Å²) in [6, 6.07) is 8.64. The number of nitrogens with zero attached hydrogens (tertiary/aromatic N) is 1. The summed E-state index contributed by atoms with van der Waals surface area (Å²) in [5, 5.41) is 2.11. The average molecular weight is 438 g/mol. The van der Waals surface area contributed by atoms with Gasteiger partial charge in [0.1, 0.15) is 17.1 Å². The number of halogens is 1. The number of hydrogen-bond donors (Lipinski definition) is 1. The summed E-state index contributed by atoms with van der Waals surface area (Å²) < 4.78 is 23.2. The van der Waals surface area contributed by atoms with Gasteiger partial charge in [0, 0.05) is 0 Å². The van der Waals surface area contributed by atoms with Crippen LogP contribution in [0, 0.1) is 5.82 Å². The largest absolute Gasteiger partial charge is 0.482 e. The third-order valence-electron chi connectivity index (χ3n) is 4.52. The molecule has 0 unspecified atom stereocenters. The van der Waals surface area contributed by atoms with Crippen molar-refractivity contribution in [3.05, 3.63) is 77.6 Å². The smallest absolute Gasteiger partial charge is 0.343 e. The monoisotopic (exact) mass is 438 g/mol. The number of hydrogen-bond acceptors (Lipinski definition) is 6. The molecule has 0 aliphatic carbocycles. The zero-order chi connectivity index (χ0) is 23.3. The van der Waals surface area contributed by atoms with Crippen LogP contribution in [0.4, 0.5) is 14.9 Å². The Labute approximate surface area is 182 Å². The maximum Gasteiger partial charge on any atom is 0.343 e. The minimum Gasteiger partial charge on any atom is -0.482 e. The third-order valence-corrected chi connectivity index (χ3v) is 4.52. The van der Waals surface area contributed by atoms with Gasteiger partial charge in [-0.25, -0.2) is 18.9 Å². The van der Waals surface area contributed by atoms with Crippen LogP contribution in [0.15, 0.2) is 60.7 Å². The van der Waals surface area contributed by atoms with Crippen LogP contribution in [-0.2, 0) is 25.5 Å². The summed E-state index contributed by atoms with van der Waals surface area (Å²) in [4.78, 5) is 49.6. The number of methoxy groups -OCH3 is 1. The van der Waals surface area contributed by atoms with E-state index in [1.165, 1.54) is 25.3 Å². The van der Waals surface area contributed by atoms with Crippen molar-refractivity contribution < 1.29 is 33.0 Å². The van der Waals surface area contributed by atoms with Gasteiger partial charge in [-0.3, -0.25) is 14.9 Å². The quantitative estimate of drug-likeness (QED) is 0.309. The van der Waals surface area contributed by atoms with Gasteiger partial charge in [0.25, 0.3) is 11.8 Å². The fraction of sp³-hybridized carbons (Fsp3) is 0.130. The van der Waals surface area contributed by atoms with Crippen molar-refractivity contribution in [2.75, 3.05) is 18.6 Å². The number of amides is 4. The first-order chi connectivity index (χ1) is 15.3. The summed E-state index contributed by atoms with van der Waals surface area (Å²) in [7, 11) is 1.25. The second-order valence-corrected chi connectivity index (χ2v) is 6.66. The molecule has 1 N–H and O–H groups in total. The molecule has 1 aliphatic rings. The van der Waals surface area contributed by atoms with Crippen molar-refractivity contribution in [2.45, 2.75) is 6.42 Å². The van der Waals surface area contributed by atoms with Gasteiger partial charge in [-0.2, -0.15) is 0 Å². The summed E-state index contributed by atoms with van der Waals surface area (Å²) in [6.07, 6.45) is 3.36. The van der Waals surface area contributed by atoms with E-state index in [-0.39, 0.29) is 17.9 Å². The maximum absolute atomic E-state index is 13.2. The van der Waals surface area contributed by atoms with Crippen LogP contribution in [-0.4, -0.2) is 37.5 Å². The molecule has 8 nitrogen and oxygen atoms in total. The third kappa shape index (κ3) is 4.89. The van der Waals surface area contributed by atoms with Crippen LogP contribution in [0.1, 0.15) is 11.1 Å². The number of carbonyl (C=O) groups is 4. The summed E-state index contributed by atoms with van der Waals surface area (Å²) in [6.45, 7) is 3.40. The average Bonchev–Trinajstić information content (AvgIpc) is 2.77. The highest BCUT2D eigenvalue weighted by Crippen LogP contribution is 2.25. The van der Waals surface area contributed by atoms with E-state index < -0.39 is 29.6 Å². The minimum absolute atomic E-state index is 0.117. The van der Waals surface area contributed by atoms with Gasteiger partial charge in [-0.1, -0.05) is 12.1 Å². The van der Waals surface area contributed by atoms with E-state index in [2.05, 4.69) is 16.6 Å². The normalized spacial score (nSPS) is 14.9. The second-order valence-electron chi connectivity index (χ2n) is 6.66. The van der Waals surface area contributed by atoms with Crippen LogP contribution in [0.5, 0.6) is 5.75 Å². The number of ether oxygens (including phenoxy) is 2. The molecule has 32 heavy (non-hydrogen) atoms. The molecule has 164 valence electrons. The molecule has 0 aromatic heterocycles. The van der Waals surface area contributed by atoms with E-state index in [9.17, 15) is 23.6 Å². The predicted octanol–water partition coefficient (Wildman–Crippen LogP) is 2.77. The Hall–Kier alpha value is -4.27. The van der Waals surface area contributed by atoms with Crippen molar-refractivity contribution in [2.24, 2.45) is 0 Å². The Morgan fingerprint density at radius 1 is 1.16 bits per heavy atom. The number of barbiturate groups is 1. The molecule has 2 aromatic carbocycles. The zero-order valence-electron chi connectivity index (χ0n) is 17.1. The lowest BCUT2D eigenvalue weighted by Gasteiger charge is -2.26. The highest BCUT2D eigenvalue weighted by Gasteiger charge is 2.36. The van der Waals surface area contributed by atoms with Crippen molar-refractivity contribution >= 4 is 35.6 Å². The number of esters is 1. The number of allylic oxidation sites excluding steroid dienone is 1. The molecule has 0 atom stereocenters. The SMILES string of the molecule is C=CCc1cc(/C=C2\C(=O)NC(=O)N(c3ccc(F)cc3)C2=O)ccc1OCC(=O)OC. The first kappa shape index (κ1) is 22.4. The number of benzene rings is 2. The van der Waals surface area contributed by atoms with Gasteiger partial charge in [-0.15, -0.1) is 6.58 Å². The van der Waals surface area contributed by atoms with Crippen molar-refractivity contribution in [3.63, 3.8) is 0 Å². The molecule has 0 spiro atoms. The fourth-order valence-electron chi connectivity index (χ4n) is 2.99. The molecule has 1 fully saturated rings. The minimum atomic E-state index is -0.928. The molecule has 0 bridgehead atoms. The number of imide groups is 2. The van der Waals surface area contributed by atoms with Gasteiger partial charge < -0.3 is 9.47 Å². The maximum atomic E-state index is 13.2. The van der Waals surface area contributed by atoms with E-state index in [0.717, 1.165) is 17.0 Å².